The predicted molar refractivity (Wildman–Crippen MR) is 134 cm³/mol. The molecule has 1 heterocycles. The van der Waals surface area contributed by atoms with E-state index in [0.29, 0.717) is 17.9 Å². The predicted octanol–water partition coefficient (Wildman–Crippen LogP) is 7.45. The third kappa shape index (κ3) is 4.07. The molecule has 5 rings (SSSR count). The first-order valence-electron chi connectivity index (χ1n) is 11.9. The minimum absolute atomic E-state index is 0.348. The molecule has 0 radical (unpaired) electrons. The molecule has 2 aliphatic rings. The zero-order valence-electron chi connectivity index (χ0n) is 19.4. The summed E-state index contributed by atoms with van der Waals surface area (Å²) in [6, 6.07) is 22.2. The van der Waals surface area contributed by atoms with Gasteiger partial charge in [-0.05, 0) is 92.0 Å². The van der Waals surface area contributed by atoms with E-state index in [4.69, 9.17) is 4.74 Å². The molecule has 3 aromatic carbocycles. The molecule has 2 nitrogen and oxygen atoms in total. The SMILES string of the molecule is Cc1cc(C)c(C2Nc3ccc(OCCCc4ccccc4)cc3C3C=CCC32)c(C)c1. The van der Waals surface area contributed by atoms with E-state index in [-0.39, 0.29) is 0 Å². The maximum absolute atomic E-state index is 6.15. The highest BCUT2D eigenvalue weighted by atomic mass is 16.5. The number of aryl methyl sites for hydroxylation is 4. The largest absolute Gasteiger partial charge is 0.494 e. The lowest BCUT2D eigenvalue weighted by molar-refractivity contribution is 0.310. The third-order valence-electron chi connectivity index (χ3n) is 7.10. The van der Waals surface area contributed by atoms with Crippen molar-refractivity contribution in [2.75, 3.05) is 11.9 Å². The number of benzene rings is 3. The number of hydrogen-bond donors (Lipinski definition) is 1. The molecule has 3 aromatic rings. The molecule has 0 amide bonds. The Morgan fingerprint density at radius 3 is 2.50 bits per heavy atom. The van der Waals surface area contributed by atoms with Gasteiger partial charge in [0.1, 0.15) is 5.75 Å². The van der Waals surface area contributed by atoms with E-state index in [1.807, 2.05) is 0 Å². The summed E-state index contributed by atoms with van der Waals surface area (Å²) in [4.78, 5) is 0. The topological polar surface area (TPSA) is 21.3 Å². The van der Waals surface area contributed by atoms with Gasteiger partial charge in [0.2, 0.25) is 0 Å². The van der Waals surface area contributed by atoms with E-state index < -0.39 is 0 Å². The average Bonchev–Trinajstić information content (AvgIpc) is 3.27. The van der Waals surface area contributed by atoms with Gasteiger partial charge < -0.3 is 10.1 Å². The summed E-state index contributed by atoms with van der Waals surface area (Å²) in [5.74, 6) is 1.99. The molecule has 1 N–H and O–H groups in total. The minimum Gasteiger partial charge on any atom is -0.494 e. The normalized spacial score (nSPS) is 21.0. The molecule has 3 atom stereocenters. The second kappa shape index (κ2) is 8.86. The Morgan fingerprint density at radius 2 is 1.72 bits per heavy atom. The Hall–Kier alpha value is -3.00. The third-order valence-corrected chi connectivity index (χ3v) is 7.10. The monoisotopic (exact) mass is 423 g/mol. The summed E-state index contributed by atoms with van der Waals surface area (Å²) in [5, 5.41) is 3.91. The lowest BCUT2D eigenvalue weighted by Gasteiger charge is -2.39. The standard InChI is InChI=1S/C30H33NO/c1-20-17-21(2)29(22(3)18-20)30-26-13-7-12-25(26)27-19-24(14-15-28(27)31-30)32-16-8-11-23-9-5-4-6-10-23/h4-7,9-10,12,14-15,17-19,25-26,30-31H,8,11,13,16H2,1-3H3. The number of fused-ring (bicyclic) bond motifs is 3. The fourth-order valence-electron chi connectivity index (χ4n) is 5.74. The summed E-state index contributed by atoms with van der Waals surface area (Å²) in [5.41, 5.74) is 9.61. The highest BCUT2D eigenvalue weighted by Gasteiger charge is 2.39. The Kier molecular flexibility index (Phi) is 5.78. The summed E-state index contributed by atoms with van der Waals surface area (Å²) >= 11 is 0. The van der Waals surface area contributed by atoms with Crippen molar-refractivity contribution in [2.24, 2.45) is 5.92 Å². The Labute approximate surface area is 192 Å². The van der Waals surface area contributed by atoms with Crippen LogP contribution in [-0.4, -0.2) is 6.61 Å². The molecular formula is C30H33NO. The van der Waals surface area contributed by atoms with Crippen LogP contribution >= 0.6 is 0 Å². The molecule has 0 saturated carbocycles. The first kappa shape index (κ1) is 20.9. The first-order valence-corrected chi connectivity index (χ1v) is 11.9. The van der Waals surface area contributed by atoms with Gasteiger partial charge in [-0.2, -0.15) is 0 Å². The molecule has 0 spiro atoms. The number of allylic oxidation sites excluding steroid dienone is 2. The van der Waals surface area contributed by atoms with Gasteiger partial charge in [-0.1, -0.05) is 60.2 Å². The number of nitrogens with one attached hydrogen (secondary N) is 1. The lowest BCUT2D eigenvalue weighted by Crippen LogP contribution is -2.30. The van der Waals surface area contributed by atoms with Crippen LogP contribution in [-0.2, 0) is 6.42 Å². The van der Waals surface area contributed by atoms with Crippen molar-refractivity contribution < 1.29 is 4.74 Å². The van der Waals surface area contributed by atoms with Crippen molar-refractivity contribution in [3.05, 3.63) is 106 Å². The van der Waals surface area contributed by atoms with Gasteiger partial charge in [0.15, 0.2) is 0 Å². The van der Waals surface area contributed by atoms with Crippen LogP contribution in [0.25, 0.3) is 0 Å². The van der Waals surface area contributed by atoms with Crippen molar-refractivity contribution >= 4 is 5.69 Å². The van der Waals surface area contributed by atoms with E-state index in [2.05, 4.69) is 98.9 Å². The van der Waals surface area contributed by atoms with Crippen LogP contribution in [0.2, 0.25) is 0 Å². The minimum atomic E-state index is 0.348. The fraction of sp³-hybridized carbons (Fsp3) is 0.333. The highest BCUT2D eigenvalue weighted by molar-refractivity contribution is 5.62. The summed E-state index contributed by atoms with van der Waals surface area (Å²) in [6.45, 7) is 7.46. The van der Waals surface area contributed by atoms with Gasteiger partial charge in [-0.15, -0.1) is 0 Å². The highest BCUT2D eigenvalue weighted by Crippen LogP contribution is 2.51. The Morgan fingerprint density at radius 1 is 0.938 bits per heavy atom. The summed E-state index contributed by atoms with van der Waals surface area (Å²) < 4.78 is 6.15. The van der Waals surface area contributed by atoms with Crippen LogP contribution in [0.3, 0.4) is 0 Å². The number of hydrogen-bond acceptors (Lipinski definition) is 2. The van der Waals surface area contributed by atoms with Crippen molar-refractivity contribution in [1.29, 1.82) is 0 Å². The second-order valence-corrected chi connectivity index (χ2v) is 9.47. The van der Waals surface area contributed by atoms with E-state index in [9.17, 15) is 0 Å². The van der Waals surface area contributed by atoms with Crippen molar-refractivity contribution in [3.63, 3.8) is 0 Å². The molecule has 0 saturated heterocycles. The molecule has 3 unspecified atom stereocenters. The van der Waals surface area contributed by atoms with Crippen LogP contribution in [0.4, 0.5) is 5.69 Å². The molecule has 0 bridgehead atoms. The summed E-state index contributed by atoms with van der Waals surface area (Å²) in [7, 11) is 0. The molecule has 1 aliphatic heterocycles. The van der Waals surface area contributed by atoms with E-state index in [1.165, 1.54) is 39.1 Å². The Balaban J connectivity index is 1.33. The van der Waals surface area contributed by atoms with E-state index >= 15 is 0 Å². The number of anilines is 1. The molecule has 0 fully saturated rings. The first-order chi connectivity index (χ1) is 15.6. The lowest BCUT2D eigenvalue weighted by atomic mass is 9.75. The summed E-state index contributed by atoms with van der Waals surface area (Å²) in [6.07, 6.45) is 7.98. The van der Waals surface area contributed by atoms with Crippen molar-refractivity contribution in [3.8, 4) is 5.75 Å². The fourth-order valence-corrected chi connectivity index (χ4v) is 5.74. The number of ether oxygens (including phenoxy) is 1. The van der Waals surface area contributed by atoms with Crippen molar-refractivity contribution in [1.82, 2.24) is 0 Å². The maximum Gasteiger partial charge on any atom is 0.119 e. The smallest absolute Gasteiger partial charge is 0.119 e. The van der Waals surface area contributed by atoms with Crippen molar-refractivity contribution in [2.45, 2.75) is 52.0 Å². The van der Waals surface area contributed by atoms with Crippen LogP contribution in [0.15, 0.2) is 72.8 Å². The molecule has 0 aromatic heterocycles. The van der Waals surface area contributed by atoms with Gasteiger partial charge in [-0.25, -0.2) is 0 Å². The van der Waals surface area contributed by atoms with Crippen LogP contribution in [0, 0.1) is 26.7 Å². The molecule has 164 valence electrons. The second-order valence-electron chi connectivity index (χ2n) is 9.47. The van der Waals surface area contributed by atoms with Gasteiger partial charge in [0.05, 0.1) is 12.6 Å². The van der Waals surface area contributed by atoms with E-state index in [0.717, 1.165) is 31.6 Å². The maximum atomic E-state index is 6.15. The Bertz CT molecular complexity index is 1110. The molecular weight excluding hydrogens is 390 g/mol. The van der Waals surface area contributed by atoms with Gasteiger partial charge in [-0.3, -0.25) is 0 Å². The van der Waals surface area contributed by atoms with E-state index in [1.54, 1.807) is 0 Å². The van der Waals surface area contributed by atoms with Crippen LogP contribution in [0.5, 0.6) is 5.75 Å². The molecule has 32 heavy (non-hydrogen) atoms. The van der Waals surface area contributed by atoms with Crippen LogP contribution < -0.4 is 10.1 Å². The van der Waals surface area contributed by atoms with Gasteiger partial charge >= 0.3 is 0 Å². The number of rotatable bonds is 6. The zero-order chi connectivity index (χ0) is 22.1. The zero-order valence-corrected chi connectivity index (χ0v) is 19.4. The quantitative estimate of drug-likeness (QED) is 0.328. The average molecular weight is 424 g/mol. The van der Waals surface area contributed by atoms with Gasteiger partial charge in [0, 0.05) is 11.6 Å². The van der Waals surface area contributed by atoms with Crippen LogP contribution in [0.1, 0.15) is 58.2 Å². The molecule has 1 aliphatic carbocycles. The van der Waals surface area contributed by atoms with Gasteiger partial charge in [0.25, 0.3) is 0 Å². The molecule has 2 heteroatoms.